The highest BCUT2D eigenvalue weighted by Gasteiger charge is 2.08. The van der Waals surface area contributed by atoms with Crippen LogP contribution in [0.1, 0.15) is 27.2 Å². The molecule has 0 aliphatic heterocycles. The van der Waals surface area contributed by atoms with E-state index >= 15 is 0 Å². The first kappa shape index (κ1) is 9.37. The molecule has 0 radical (unpaired) electrons. The standard InChI is InChI=1S/C8H15NO/c1-4-5-6(2)8(9)7(3)10/h5,8H,4,9H2,1-3H3/b6-5+. The molecule has 0 aromatic heterocycles. The molecule has 0 aliphatic rings. The second-order valence-corrected chi connectivity index (χ2v) is 2.44. The molecule has 2 nitrogen and oxygen atoms in total. The van der Waals surface area contributed by atoms with Gasteiger partial charge in [0.15, 0.2) is 5.78 Å². The third kappa shape index (κ3) is 2.78. The molecular formula is C8H15NO. The number of carbonyl (C=O) groups is 1. The number of nitrogens with two attached hydrogens (primary N) is 1. The van der Waals surface area contributed by atoms with Gasteiger partial charge in [-0.15, -0.1) is 0 Å². The first-order valence-electron chi connectivity index (χ1n) is 3.52. The predicted molar refractivity (Wildman–Crippen MR) is 42.7 cm³/mol. The number of hydrogen-bond acceptors (Lipinski definition) is 2. The van der Waals surface area contributed by atoms with Gasteiger partial charge in [-0.2, -0.15) is 0 Å². The number of carbonyl (C=O) groups excluding carboxylic acids is 1. The molecule has 0 fully saturated rings. The predicted octanol–water partition coefficient (Wildman–Crippen LogP) is 1.26. The van der Waals surface area contributed by atoms with Crippen molar-refractivity contribution in [3.8, 4) is 0 Å². The maximum absolute atomic E-state index is 10.7. The van der Waals surface area contributed by atoms with Gasteiger partial charge in [-0.3, -0.25) is 4.79 Å². The molecule has 0 aromatic rings. The summed E-state index contributed by atoms with van der Waals surface area (Å²) >= 11 is 0. The third-order valence-corrected chi connectivity index (χ3v) is 1.45. The van der Waals surface area contributed by atoms with Crippen molar-refractivity contribution in [2.45, 2.75) is 33.2 Å². The van der Waals surface area contributed by atoms with Crippen molar-refractivity contribution in [1.82, 2.24) is 0 Å². The lowest BCUT2D eigenvalue weighted by atomic mass is 10.1. The maximum atomic E-state index is 10.7. The molecule has 0 spiro atoms. The Hall–Kier alpha value is -0.630. The zero-order valence-corrected chi connectivity index (χ0v) is 6.85. The monoisotopic (exact) mass is 141 g/mol. The summed E-state index contributed by atoms with van der Waals surface area (Å²) in [6.45, 7) is 5.42. The molecule has 2 heteroatoms. The minimum absolute atomic E-state index is 0.0298. The van der Waals surface area contributed by atoms with E-state index in [0.29, 0.717) is 0 Å². The highest BCUT2D eigenvalue weighted by molar-refractivity contribution is 5.84. The van der Waals surface area contributed by atoms with Crippen molar-refractivity contribution in [3.05, 3.63) is 11.6 Å². The summed E-state index contributed by atoms with van der Waals surface area (Å²) in [7, 11) is 0. The van der Waals surface area contributed by atoms with Gasteiger partial charge in [-0.25, -0.2) is 0 Å². The minimum atomic E-state index is -0.389. The van der Waals surface area contributed by atoms with Crippen LogP contribution in [0.25, 0.3) is 0 Å². The normalized spacial score (nSPS) is 15.0. The molecule has 0 amide bonds. The van der Waals surface area contributed by atoms with Crippen molar-refractivity contribution >= 4 is 5.78 Å². The van der Waals surface area contributed by atoms with Gasteiger partial charge in [0.1, 0.15) is 0 Å². The van der Waals surface area contributed by atoms with Crippen molar-refractivity contribution in [3.63, 3.8) is 0 Å². The SMILES string of the molecule is CC/C=C(\C)C(N)C(C)=O. The molecule has 58 valence electrons. The number of Topliss-reactive ketones (excluding diaryl/α,β-unsaturated/α-hetero) is 1. The van der Waals surface area contributed by atoms with Gasteiger partial charge in [0.2, 0.25) is 0 Å². The largest absolute Gasteiger partial charge is 0.318 e. The molecular weight excluding hydrogens is 126 g/mol. The van der Waals surface area contributed by atoms with E-state index in [1.165, 1.54) is 6.92 Å². The van der Waals surface area contributed by atoms with E-state index in [4.69, 9.17) is 5.73 Å². The molecule has 0 aliphatic carbocycles. The Balaban J connectivity index is 4.06. The second-order valence-electron chi connectivity index (χ2n) is 2.44. The first-order valence-corrected chi connectivity index (χ1v) is 3.52. The Labute approximate surface area is 62.1 Å². The van der Waals surface area contributed by atoms with Gasteiger partial charge in [-0.05, 0) is 20.3 Å². The molecule has 1 unspecified atom stereocenters. The minimum Gasteiger partial charge on any atom is -0.318 e. The molecule has 1 atom stereocenters. The zero-order chi connectivity index (χ0) is 8.15. The molecule has 0 rings (SSSR count). The van der Waals surface area contributed by atoms with E-state index in [9.17, 15) is 4.79 Å². The average molecular weight is 141 g/mol. The molecule has 0 bridgehead atoms. The van der Waals surface area contributed by atoms with Crippen LogP contribution in [-0.4, -0.2) is 11.8 Å². The summed E-state index contributed by atoms with van der Waals surface area (Å²) in [5, 5.41) is 0. The van der Waals surface area contributed by atoms with Crippen molar-refractivity contribution in [1.29, 1.82) is 0 Å². The Kier molecular flexibility index (Phi) is 3.96. The fraction of sp³-hybridized carbons (Fsp3) is 0.625. The lowest BCUT2D eigenvalue weighted by molar-refractivity contribution is -0.117. The van der Waals surface area contributed by atoms with Crippen LogP contribution in [0, 0.1) is 0 Å². The van der Waals surface area contributed by atoms with Crippen LogP contribution < -0.4 is 5.73 Å². The van der Waals surface area contributed by atoms with Crippen LogP contribution in [0.5, 0.6) is 0 Å². The molecule has 10 heavy (non-hydrogen) atoms. The molecule has 0 saturated heterocycles. The van der Waals surface area contributed by atoms with Crippen LogP contribution >= 0.6 is 0 Å². The topological polar surface area (TPSA) is 43.1 Å². The number of hydrogen-bond donors (Lipinski definition) is 1. The molecule has 0 saturated carbocycles. The van der Waals surface area contributed by atoms with Crippen LogP contribution in [0.3, 0.4) is 0 Å². The van der Waals surface area contributed by atoms with E-state index in [1.54, 1.807) is 0 Å². The summed E-state index contributed by atoms with van der Waals surface area (Å²) in [6.07, 6.45) is 2.92. The van der Waals surface area contributed by atoms with Gasteiger partial charge in [-0.1, -0.05) is 18.6 Å². The van der Waals surface area contributed by atoms with E-state index in [-0.39, 0.29) is 11.8 Å². The highest BCUT2D eigenvalue weighted by Crippen LogP contribution is 2.00. The fourth-order valence-electron chi connectivity index (χ4n) is 0.770. The van der Waals surface area contributed by atoms with Gasteiger partial charge >= 0.3 is 0 Å². The van der Waals surface area contributed by atoms with Crippen LogP contribution in [0.15, 0.2) is 11.6 Å². The van der Waals surface area contributed by atoms with Crippen molar-refractivity contribution < 1.29 is 4.79 Å². The number of allylic oxidation sites excluding steroid dienone is 1. The highest BCUT2D eigenvalue weighted by atomic mass is 16.1. The zero-order valence-electron chi connectivity index (χ0n) is 6.85. The summed E-state index contributed by atoms with van der Waals surface area (Å²) < 4.78 is 0. The molecule has 2 N–H and O–H groups in total. The summed E-state index contributed by atoms with van der Waals surface area (Å²) in [5.41, 5.74) is 6.50. The van der Waals surface area contributed by atoms with Gasteiger partial charge < -0.3 is 5.73 Å². The Morgan fingerprint density at radius 3 is 2.40 bits per heavy atom. The summed E-state index contributed by atoms with van der Waals surface area (Å²) in [4.78, 5) is 10.7. The van der Waals surface area contributed by atoms with E-state index < -0.39 is 0 Å². The van der Waals surface area contributed by atoms with Gasteiger partial charge in [0.05, 0.1) is 6.04 Å². The van der Waals surface area contributed by atoms with E-state index in [2.05, 4.69) is 0 Å². The van der Waals surface area contributed by atoms with Crippen LogP contribution in [0.2, 0.25) is 0 Å². The second kappa shape index (κ2) is 4.23. The summed E-state index contributed by atoms with van der Waals surface area (Å²) in [6, 6.07) is -0.389. The Morgan fingerprint density at radius 1 is 1.60 bits per heavy atom. The Morgan fingerprint density at radius 2 is 2.10 bits per heavy atom. The number of ketones is 1. The quantitative estimate of drug-likeness (QED) is 0.601. The first-order chi connectivity index (χ1) is 4.59. The van der Waals surface area contributed by atoms with Gasteiger partial charge in [0.25, 0.3) is 0 Å². The lowest BCUT2D eigenvalue weighted by Gasteiger charge is -2.06. The van der Waals surface area contributed by atoms with Crippen LogP contribution in [0.4, 0.5) is 0 Å². The average Bonchev–Trinajstić information content (AvgIpc) is 1.87. The van der Waals surface area contributed by atoms with Crippen molar-refractivity contribution in [2.75, 3.05) is 0 Å². The summed E-state index contributed by atoms with van der Waals surface area (Å²) in [5.74, 6) is 0.0298. The fourth-order valence-corrected chi connectivity index (χ4v) is 0.770. The van der Waals surface area contributed by atoms with Gasteiger partial charge in [0, 0.05) is 0 Å². The molecule has 0 aromatic carbocycles. The third-order valence-electron chi connectivity index (χ3n) is 1.45. The number of rotatable bonds is 3. The molecule has 0 heterocycles. The van der Waals surface area contributed by atoms with Crippen molar-refractivity contribution in [2.24, 2.45) is 5.73 Å². The van der Waals surface area contributed by atoms with E-state index in [1.807, 2.05) is 19.9 Å². The van der Waals surface area contributed by atoms with E-state index in [0.717, 1.165) is 12.0 Å². The van der Waals surface area contributed by atoms with Crippen LogP contribution in [-0.2, 0) is 4.79 Å². The smallest absolute Gasteiger partial charge is 0.150 e. The Bertz CT molecular complexity index is 149. The lowest BCUT2D eigenvalue weighted by Crippen LogP contribution is -2.29. The maximum Gasteiger partial charge on any atom is 0.150 e.